The fourth-order valence-electron chi connectivity index (χ4n) is 3.25. The molecule has 0 fully saturated rings. The molecular weight excluding hydrogens is 272 g/mol. The zero-order chi connectivity index (χ0) is 16.4. The molecule has 4 N–H and O–H groups in total. The summed E-state index contributed by atoms with van der Waals surface area (Å²) in [6.07, 6.45) is 0. The van der Waals surface area contributed by atoms with E-state index in [0.29, 0.717) is 11.4 Å². The Hall–Kier alpha value is -2.29. The second-order valence-corrected chi connectivity index (χ2v) is 6.00. The van der Waals surface area contributed by atoms with Crippen molar-refractivity contribution in [1.29, 1.82) is 0 Å². The molecule has 0 aromatic heterocycles. The first-order valence-corrected chi connectivity index (χ1v) is 7.58. The van der Waals surface area contributed by atoms with E-state index in [2.05, 4.69) is 0 Å². The van der Waals surface area contributed by atoms with Gasteiger partial charge in [-0.2, -0.15) is 0 Å². The molecule has 0 amide bonds. The summed E-state index contributed by atoms with van der Waals surface area (Å²) < 4.78 is 0. The number of benzene rings is 2. The largest absolute Gasteiger partial charge is 0.398 e. The Kier molecular flexibility index (Phi) is 4.55. The van der Waals surface area contributed by atoms with E-state index in [1.807, 2.05) is 64.1 Å². The molecule has 0 bridgehead atoms. The van der Waals surface area contributed by atoms with E-state index in [0.717, 1.165) is 22.3 Å². The molecule has 0 spiro atoms. The van der Waals surface area contributed by atoms with Crippen LogP contribution < -0.4 is 11.5 Å². The van der Waals surface area contributed by atoms with Crippen LogP contribution in [-0.2, 0) is 4.79 Å². The normalized spacial score (nSPS) is 13.6. The van der Waals surface area contributed by atoms with Gasteiger partial charge >= 0.3 is 0 Å². The van der Waals surface area contributed by atoms with Crippen molar-refractivity contribution in [1.82, 2.24) is 0 Å². The number of anilines is 2. The minimum atomic E-state index is -0.254. The van der Waals surface area contributed by atoms with Crippen molar-refractivity contribution < 1.29 is 4.79 Å². The van der Waals surface area contributed by atoms with Gasteiger partial charge in [0.2, 0.25) is 0 Å². The Labute approximate surface area is 132 Å². The monoisotopic (exact) mass is 296 g/mol. The van der Waals surface area contributed by atoms with Crippen molar-refractivity contribution in [3.05, 3.63) is 58.7 Å². The number of hydrogen-bond donors (Lipinski definition) is 2. The van der Waals surface area contributed by atoms with Gasteiger partial charge in [-0.05, 0) is 48.2 Å². The van der Waals surface area contributed by atoms with Crippen molar-refractivity contribution in [2.75, 3.05) is 11.5 Å². The molecule has 2 unspecified atom stereocenters. The zero-order valence-corrected chi connectivity index (χ0v) is 13.7. The summed E-state index contributed by atoms with van der Waals surface area (Å²) in [6, 6.07) is 11.5. The van der Waals surface area contributed by atoms with E-state index < -0.39 is 0 Å². The van der Waals surface area contributed by atoms with Gasteiger partial charge in [0.05, 0.1) is 0 Å². The molecule has 2 aromatic carbocycles. The van der Waals surface area contributed by atoms with Crippen LogP contribution in [0.5, 0.6) is 0 Å². The lowest BCUT2D eigenvalue weighted by Crippen LogP contribution is -2.20. The number of rotatable bonds is 4. The van der Waals surface area contributed by atoms with E-state index in [1.54, 1.807) is 0 Å². The molecule has 116 valence electrons. The molecule has 2 atom stereocenters. The lowest BCUT2D eigenvalue weighted by molar-refractivity contribution is -0.121. The van der Waals surface area contributed by atoms with E-state index in [-0.39, 0.29) is 17.6 Å². The standard InChI is InChI=1S/C19H24N2O/c1-11-7-5-9-15(20)17(11)13(3)19(22)14(4)18-12(2)8-6-10-16(18)21/h5-10,13-14H,20-21H2,1-4H3. The maximum atomic E-state index is 12.9. The van der Waals surface area contributed by atoms with Gasteiger partial charge < -0.3 is 11.5 Å². The van der Waals surface area contributed by atoms with E-state index in [4.69, 9.17) is 11.5 Å². The van der Waals surface area contributed by atoms with E-state index in [9.17, 15) is 4.79 Å². The van der Waals surface area contributed by atoms with Crippen molar-refractivity contribution in [2.45, 2.75) is 39.5 Å². The Morgan fingerprint density at radius 1 is 0.818 bits per heavy atom. The van der Waals surface area contributed by atoms with Crippen LogP contribution in [0.4, 0.5) is 11.4 Å². The lowest BCUT2D eigenvalue weighted by Gasteiger charge is -2.22. The quantitative estimate of drug-likeness (QED) is 0.839. The second kappa shape index (κ2) is 6.22. The number of ketones is 1. The van der Waals surface area contributed by atoms with Crippen LogP contribution in [-0.4, -0.2) is 5.78 Å². The van der Waals surface area contributed by atoms with Crippen molar-refractivity contribution in [3.8, 4) is 0 Å². The third-order valence-electron chi connectivity index (χ3n) is 4.44. The van der Waals surface area contributed by atoms with E-state index in [1.165, 1.54) is 0 Å². The first-order chi connectivity index (χ1) is 10.3. The maximum absolute atomic E-state index is 12.9. The number of carbonyl (C=O) groups is 1. The third-order valence-corrected chi connectivity index (χ3v) is 4.44. The van der Waals surface area contributed by atoms with Crippen LogP contribution in [0.3, 0.4) is 0 Å². The summed E-state index contributed by atoms with van der Waals surface area (Å²) in [6.45, 7) is 7.82. The number of Topliss-reactive ketones (excluding diaryl/α,β-unsaturated/α-hetero) is 1. The van der Waals surface area contributed by atoms with Crippen LogP contribution in [0, 0.1) is 13.8 Å². The number of carbonyl (C=O) groups excluding carboxylic acids is 1. The van der Waals surface area contributed by atoms with Gasteiger partial charge in [-0.25, -0.2) is 0 Å². The molecule has 0 saturated heterocycles. The molecule has 3 nitrogen and oxygen atoms in total. The summed E-state index contributed by atoms with van der Waals surface area (Å²) in [7, 11) is 0. The molecule has 0 heterocycles. The van der Waals surface area contributed by atoms with Crippen LogP contribution >= 0.6 is 0 Å². The number of hydrogen-bond acceptors (Lipinski definition) is 3. The maximum Gasteiger partial charge on any atom is 0.147 e. The van der Waals surface area contributed by atoms with Crippen molar-refractivity contribution >= 4 is 17.2 Å². The summed E-state index contributed by atoms with van der Waals surface area (Å²) in [4.78, 5) is 12.9. The summed E-state index contributed by atoms with van der Waals surface area (Å²) in [5, 5.41) is 0. The average molecular weight is 296 g/mol. The van der Waals surface area contributed by atoms with Crippen LogP contribution in [0.2, 0.25) is 0 Å². The van der Waals surface area contributed by atoms with Gasteiger partial charge in [-0.3, -0.25) is 4.79 Å². The average Bonchev–Trinajstić information content (AvgIpc) is 2.45. The molecule has 0 radical (unpaired) electrons. The molecule has 0 aliphatic carbocycles. The summed E-state index contributed by atoms with van der Waals surface area (Å²) in [5.41, 5.74) is 17.4. The van der Waals surface area contributed by atoms with Crippen molar-refractivity contribution in [3.63, 3.8) is 0 Å². The molecule has 0 aliphatic heterocycles. The van der Waals surface area contributed by atoms with Gasteiger partial charge in [0.1, 0.15) is 5.78 Å². The van der Waals surface area contributed by atoms with E-state index >= 15 is 0 Å². The van der Waals surface area contributed by atoms with Crippen LogP contribution in [0.25, 0.3) is 0 Å². The number of nitrogen functional groups attached to an aromatic ring is 2. The Morgan fingerprint density at radius 3 is 1.50 bits per heavy atom. The van der Waals surface area contributed by atoms with Crippen LogP contribution in [0.15, 0.2) is 36.4 Å². The molecule has 22 heavy (non-hydrogen) atoms. The molecule has 0 aliphatic rings. The fourth-order valence-corrected chi connectivity index (χ4v) is 3.25. The predicted molar refractivity (Wildman–Crippen MR) is 93.0 cm³/mol. The fraction of sp³-hybridized carbons (Fsp3) is 0.316. The molecule has 0 saturated carbocycles. The predicted octanol–water partition coefficient (Wildman–Crippen LogP) is 3.94. The molecule has 2 aromatic rings. The van der Waals surface area contributed by atoms with Crippen LogP contribution in [0.1, 0.15) is 47.9 Å². The van der Waals surface area contributed by atoms with Gasteiger partial charge in [0.25, 0.3) is 0 Å². The lowest BCUT2D eigenvalue weighted by atomic mass is 9.82. The topological polar surface area (TPSA) is 69.1 Å². The van der Waals surface area contributed by atoms with Crippen molar-refractivity contribution in [2.24, 2.45) is 0 Å². The smallest absolute Gasteiger partial charge is 0.147 e. The van der Waals surface area contributed by atoms with Gasteiger partial charge in [-0.15, -0.1) is 0 Å². The highest BCUT2D eigenvalue weighted by atomic mass is 16.1. The Bertz CT molecular complexity index is 607. The van der Waals surface area contributed by atoms with Gasteiger partial charge in [-0.1, -0.05) is 38.1 Å². The third kappa shape index (κ3) is 2.84. The second-order valence-electron chi connectivity index (χ2n) is 6.00. The summed E-state index contributed by atoms with van der Waals surface area (Å²) in [5.74, 6) is -0.368. The molecular formula is C19H24N2O. The molecule has 3 heteroatoms. The molecule has 2 rings (SSSR count). The van der Waals surface area contributed by atoms with Gasteiger partial charge in [0.15, 0.2) is 0 Å². The van der Waals surface area contributed by atoms with Gasteiger partial charge in [0, 0.05) is 23.2 Å². The highest BCUT2D eigenvalue weighted by Crippen LogP contribution is 2.34. The summed E-state index contributed by atoms with van der Waals surface area (Å²) >= 11 is 0. The highest BCUT2D eigenvalue weighted by molar-refractivity contribution is 5.93. The number of aryl methyl sites for hydroxylation is 2. The first kappa shape index (κ1) is 16.1. The Morgan fingerprint density at radius 2 is 1.18 bits per heavy atom. The number of nitrogens with two attached hydrogens (primary N) is 2. The minimum Gasteiger partial charge on any atom is -0.398 e. The SMILES string of the molecule is Cc1cccc(N)c1C(C)C(=O)C(C)c1c(C)cccc1N. The highest BCUT2D eigenvalue weighted by Gasteiger charge is 2.27. The Balaban J connectivity index is 2.39. The zero-order valence-electron chi connectivity index (χ0n) is 13.7. The first-order valence-electron chi connectivity index (χ1n) is 7.58. The minimum absolute atomic E-state index is 0.141.